The molecule has 0 bridgehead atoms. The van der Waals surface area contributed by atoms with Crippen LogP contribution >= 0.6 is 0 Å². The molecule has 3 rings (SSSR count). The summed E-state index contributed by atoms with van der Waals surface area (Å²) in [4.78, 5) is 2.14. The lowest BCUT2D eigenvalue weighted by atomic mass is 10.0. The van der Waals surface area contributed by atoms with Crippen LogP contribution < -0.4 is 5.73 Å². The summed E-state index contributed by atoms with van der Waals surface area (Å²) in [6, 6.07) is 5.72. The molecule has 112 valence electrons. The molecular formula is C15H18F2N4. The fraction of sp³-hybridized carbons (Fsp3) is 0.400. The van der Waals surface area contributed by atoms with Crippen molar-refractivity contribution in [3.05, 3.63) is 47.7 Å². The van der Waals surface area contributed by atoms with E-state index in [4.69, 9.17) is 5.73 Å². The van der Waals surface area contributed by atoms with Gasteiger partial charge in [0.2, 0.25) is 0 Å². The van der Waals surface area contributed by atoms with Crippen molar-refractivity contribution in [2.75, 3.05) is 18.8 Å². The summed E-state index contributed by atoms with van der Waals surface area (Å²) in [7, 11) is 0. The van der Waals surface area contributed by atoms with Crippen molar-refractivity contribution in [3.63, 3.8) is 0 Å². The van der Waals surface area contributed by atoms with Gasteiger partial charge in [0, 0.05) is 31.4 Å². The minimum absolute atomic E-state index is 0.330. The first-order chi connectivity index (χ1) is 10.1. The van der Waals surface area contributed by atoms with E-state index in [1.807, 2.05) is 10.9 Å². The molecule has 1 aliphatic heterocycles. The Morgan fingerprint density at radius 3 is 2.62 bits per heavy atom. The summed E-state index contributed by atoms with van der Waals surface area (Å²) >= 11 is 0. The van der Waals surface area contributed by atoms with Crippen LogP contribution in [0.25, 0.3) is 0 Å². The Hall–Kier alpha value is -1.95. The highest BCUT2D eigenvalue weighted by atomic mass is 19.1. The highest BCUT2D eigenvalue weighted by Gasteiger charge is 2.21. The fourth-order valence-corrected chi connectivity index (χ4v) is 2.80. The predicted octanol–water partition coefficient (Wildman–Crippen LogP) is 2.58. The molecule has 0 saturated carbocycles. The molecule has 4 nitrogen and oxygen atoms in total. The molecule has 2 aromatic rings. The average molecular weight is 292 g/mol. The Morgan fingerprint density at radius 2 is 1.95 bits per heavy atom. The summed E-state index contributed by atoms with van der Waals surface area (Å²) in [5.74, 6) is -0.217. The largest absolute Gasteiger partial charge is 0.382 e. The summed E-state index contributed by atoms with van der Waals surface area (Å²) in [6.45, 7) is 2.11. The van der Waals surface area contributed by atoms with Crippen LogP contribution in [0.2, 0.25) is 0 Å². The third-order valence-corrected chi connectivity index (χ3v) is 3.96. The standard InChI is InChI=1S/C15H18F2N4/c16-12-1-2-14(17)11(9-12)10-20-6-3-13(4-7-20)21-8-5-15(18)19-21/h1-2,5,8-9,13H,3-4,6-7,10H2,(H2,18,19). The number of nitrogens with two attached hydrogens (primary N) is 1. The fourth-order valence-electron chi connectivity index (χ4n) is 2.80. The second-order valence-corrected chi connectivity index (χ2v) is 5.46. The van der Waals surface area contributed by atoms with Gasteiger partial charge in [0.25, 0.3) is 0 Å². The third-order valence-electron chi connectivity index (χ3n) is 3.96. The molecule has 1 fully saturated rings. The summed E-state index contributed by atoms with van der Waals surface area (Å²) < 4.78 is 28.7. The number of hydrogen-bond donors (Lipinski definition) is 1. The number of benzene rings is 1. The molecule has 0 unspecified atom stereocenters. The molecule has 2 N–H and O–H groups in total. The van der Waals surface area contributed by atoms with Crippen molar-refractivity contribution in [2.24, 2.45) is 0 Å². The van der Waals surface area contributed by atoms with E-state index < -0.39 is 5.82 Å². The van der Waals surface area contributed by atoms with Crippen LogP contribution in [0, 0.1) is 11.6 Å². The molecule has 0 spiro atoms. The Labute approximate surface area is 122 Å². The number of nitrogens with zero attached hydrogens (tertiary/aromatic N) is 3. The monoisotopic (exact) mass is 292 g/mol. The van der Waals surface area contributed by atoms with Crippen LogP contribution in [0.1, 0.15) is 24.4 Å². The van der Waals surface area contributed by atoms with Gasteiger partial charge in [0.15, 0.2) is 0 Å². The van der Waals surface area contributed by atoms with Crippen molar-refractivity contribution in [2.45, 2.75) is 25.4 Å². The van der Waals surface area contributed by atoms with Gasteiger partial charge in [-0.15, -0.1) is 0 Å². The average Bonchev–Trinajstić information content (AvgIpc) is 2.90. The van der Waals surface area contributed by atoms with Crippen LogP contribution in [0.4, 0.5) is 14.6 Å². The van der Waals surface area contributed by atoms with E-state index in [0.717, 1.165) is 32.0 Å². The molecule has 0 aliphatic carbocycles. The van der Waals surface area contributed by atoms with Crippen LogP contribution in [-0.2, 0) is 6.54 Å². The highest BCUT2D eigenvalue weighted by molar-refractivity contribution is 5.24. The van der Waals surface area contributed by atoms with Gasteiger partial charge in [-0.25, -0.2) is 8.78 Å². The number of halogens is 2. The predicted molar refractivity (Wildman–Crippen MR) is 76.5 cm³/mol. The SMILES string of the molecule is Nc1ccn(C2CCN(Cc3cc(F)ccc3F)CC2)n1. The minimum Gasteiger partial charge on any atom is -0.382 e. The second-order valence-electron chi connectivity index (χ2n) is 5.46. The number of piperidine rings is 1. The Bertz CT molecular complexity index is 618. The minimum atomic E-state index is -0.395. The number of likely N-dealkylation sites (tertiary alicyclic amines) is 1. The Kier molecular flexibility index (Phi) is 3.88. The van der Waals surface area contributed by atoms with Gasteiger partial charge in [-0.2, -0.15) is 5.10 Å². The van der Waals surface area contributed by atoms with Gasteiger partial charge in [-0.05, 0) is 37.1 Å². The first-order valence-electron chi connectivity index (χ1n) is 7.09. The molecule has 1 aromatic carbocycles. The smallest absolute Gasteiger partial charge is 0.145 e. The van der Waals surface area contributed by atoms with Gasteiger partial charge in [0.05, 0.1) is 6.04 Å². The Balaban J connectivity index is 1.60. The lowest BCUT2D eigenvalue weighted by Crippen LogP contribution is -2.34. The number of aromatic nitrogens is 2. The lowest BCUT2D eigenvalue weighted by Gasteiger charge is -2.32. The topological polar surface area (TPSA) is 47.1 Å². The van der Waals surface area contributed by atoms with Crippen LogP contribution in [0.3, 0.4) is 0 Å². The molecule has 0 atom stereocenters. The normalized spacial score (nSPS) is 17.2. The molecule has 1 aromatic heterocycles. The maximum Gasteiger partial charge on any atom is 0.145 e. The maximum atomic E-state index is 13.6. The number of nitrogen functional groups attached to an aromatic ring is 1. The Morgan fingerprint density at radius 1 is 1.19 bits per heavy atom. The quantitative estimate of drug-likeness (QED) is 0.946. The zero-order chi connectivity index (χ0) is 14.8. The molecule has 0 amide bonds. The van der Waals surface area contributed by atoms with Crippen LogP contribution in [-0.4, -0.2) is 27.8 Å². The molecule has 1 aliphatic rings. The van der Waals surface area contributed by atoms with E-state index in [9.17, 15) is 8.78 Å². The molecular weight excluding hydrogens is 274 g/mol. The van der Waals surface area contributed by atoms with E-state index in [2.05, 4.69) is 10.00 Å². The molecule has 2 heterocycles. The van der Waals surface area contributed by atoms with Gasteiger partial charge in [0.1, 0.15) is 17.5 Å². The van der Waals surface area contributed by atoms with Crippen molar-refractivity contribution in [1.82, 2.24) is 14.7 Å². The zero-order valence-electron chi connectivity index (χ0n) is 11.7. The van der Waals surface area contributed by atoms with Crippen LogP contribution in [0.5, 0.6) is 0 Å². The van der Waals surface area contributed by atoms with Crippen LogP contribution in [0.15, 0.2) is 30.5 Å². The number of hydrogen-bond acceptors (Lipinski definition) is 3. The molecule has 1 saturated heterocycles. The summed E-state index contributed by atoms with van der Waals surface area (Å²) in [5, 5.41) is 4.24. The molecule has 0 radical (unpaired) electrons. The van der Waals surface area contributed by atoms with Gasteiger partial charge < -0.3 is 5.73 Å². The number of anilines is 1. The lowest BCUT2D eigenvalue weighted by molar-refractivity contribution is 0.171. The molecule has 6 heteroatoms. The van der Waals surface area contributed by atoms with Crippen molar-refractivity contribution >= 4 is 5.82 Å². The number of rotatable bonds is 3. The molecule has 21 heavy (non-hydrogen) atoms. The first-order valence-corrected chi connectivity index (χ1v) is 7.09. The van der Waals surface area contributed by atoms with Crippen molar-refractivity contribution in [1.29, 1.82) is 0 Å². The van der Waals surface area contributed by atoms with Crippen molar-refractivity contribution in [3.8, 4) is 0 Å². The van der Waals surface area contributed by atoms with E-state index in [0.29, 0.717) is 24.0 Å². The third kappa shape index (κ3) is 3.21. The summed E-state index contributed by atoms with van der Waals surface area (Å²) in [5.41, 5.74) is 6.04. The van der Waals surface area contributed by atoms with Crippen molar-refractivity contribution < 1.29 is 8.78 Å². The zero-order valence-corrected chi connectivity index (χ0v) is 11.7. The second kappa shape index (κ2) is 5.81. The highest BCUT2D eigenvalue weighted by Crippen LogP contribution is 2.24. The van der Waals surface area contributed by atoms with E-state index in [-0.39, 0.29) is 5.82 Å². The maximum absolute atomic E-state index is 13.6. The van der Waals surface area contributed by atoms with E-state index >= 15 is 0 Å². The first kappa shape index (κ1) is 14.0. The van der Waals surface area contributed by atoms with Gasteiger partial charge in [-0.1, -0.05) is 0 Å². The van der Waals surface area contributed by atoms with Gasteiger partial charge >= 0.3 is 0 Å². The summed E-state index contributed by atoms with van der Waals surface area (Å²) in [6.07, 6.45) is 3.75. The van der Waals surface area contributed by atoms with Gasteiger partial charge in [-0.3, -0.25) is 9.58 Å². The van der Waals surface area contributed by atoms with E-state index in [1.165, 1.54) is 12.1 Å². The van der Waals surface area contributed by atoms with E-state index in [1.54, 1.807) is 6.07 Å².